The van der Waals surface area contributed by atoms with E-state index in [1.165, 1.54) is 23.5 Å². The molecule has 5 nitrogen and oxygen atoms in total. The van der Waals surface area contributed by atoms with Crippen LogP contribution in [-0.4, -0.2) is 4.92 Å². The Bertz CT molecular complexity index is 628. The number of thiophene rings is 1. The molecular formula is C11H7N3O2S. The van der Waals surface area contributed by atoms with Crippen LogP contribution in [0, 0.1) is 21.4 Å². The quantitative estimate of drug-likeness (QED) is 0.650. The van der Waals surface area contributed by atoms with Crippen LogP contribution in [0.2, 0.25) is 0 Å². The third kappa shape index (κ3) is 1.96. The summed E-state index contributed by atoms with van der Waals surface area (Å²) in [6, 6.07) is 8.15. The molecule has 1 heterocycles. The normalized spacial score (nSPS) is 9.82. The van der Waals surface area contributed by atoms with Crippen molar-refractivity contribution in [3.8, 4) is 17.2 Å². The molecule has 1 aromatic carbocycles. The van der Waals surface area contributed by atoms with E-state index in [0.717, 1.165) is 0 Å². The molecule has 0 aliphatic carbocycles. The molecule has 84 valence electrons. The zero-order valence-electron chi connectivity index (χ0n) is 8.58. The minimum Gasteiger partial charge on any atom is -0.389 e. The topological polar surface area (TPSA) is 92.9 Å². The Morgan fingerprint density at radius 1 is 1.47 bits per heavy atom. The van der Waals surface area contributed by atoms with Crippen LogP contribution in [0.1, 0.15) is 5.56 Å². The van der Waals surface area contributed by atoms with Crippen molar-refractivity contribution in [2.24, 2.45) is 0 Å². The Morgan fingerprint density at radius 3 is 2.88 bits per heavy atom. The van der Waals surface area contributed by atoms with Gasteiger partial charge in [-0.05, 0) is 5.56 Å². The van der Waals surface area contributed by atoms with Gasteiger partial charge < -0.3 is 5.73 Å². The summed E-state index contributed by atoms with van der Waals surface area (Å²) in [7, 11) is 0. The van der Waals surface area contributed by atoms with E-state index in [0.29, 0.717) is 21.7 Å². The first-order chi connectivity index (χ1) is 8.13. The second-order valence-corrected chi connectivity index (χ2v) is 4.22. The van der Waals surface area contributed by atoms with Crippen LogP contribution in [0.4, 0.5) is 10.7 Å². The molecule has 0 spiro atoms. The molecule has 2 N–H and O–H groups in total. The molecule has 0 bridgehead atoms. The van der Waals surface area contributed by atoms with Crippen molar-refractivity contribution in [2.75, 3.05) is 5.73 Å². The fourth-order valence-electron chi connectivity index (χ4n) is 1.49. The van der Waals surface area contributed by atoms with Crippen LogP contribution in [0.5, 0.6) is 0 Å². The van der Waals surface area contributed by atoms with Crippen LogP contribution < -0.4 is 5.73 Å². The molecule has 0 radical (unpaired) electrons. The summed E-state index contributed by atoms with van der Waals surface area (Å²) in [4.78, 5) is 10.2. The largest absolute Gasteiger partial charge is 0.389 e. The standard InChI is InChI=1S/C11H7N3O2S/c12-5-9-10(6-17-11(9)13)7-2-1-3-8(4-7)14(15)16/h1-4,6H,13H2. The summed E-state index contributed by atoms with van der Waals surface area (Å²) in [5, 5.41) is 21.8. The molecule has 6 heteroatoms. The van der Waals surface area contributed by atoms with Crippen molar-refractivity contribution in [3.63, 3.8) is 0 Å². The van der Waals surface area contributed by atoms with Gasteiger partial charge in [0.1, 0.15) is 11.1 Å². The Morgan fingerprint density at radius 2 is 2.24 bits per heavy atom. The van der Waals surface area contributed by atoms with Crippen molar-refractivity contribution in [1.29, 1.82) is 5.26 Å². The van der Waals surface area contributed by atoms with Gasteiger partial charge in [0.2, 0.25) is 0 Å². The molecule has 2 aromatic rings. The van der Waals surface area contributed by atoms with Crippen molar-refractivity contribution >= 4 is 22.0 Å². The third-order valence-electron chi connectivity index (χ3n) is 2.30. The van der Waals surface area contributed by atoms with E-state index in [4.69, 9.17) is 11.0 Å². The molecule has 2 rings (SSSR count). The van der Waals surface area contributed by atoms with Crippen LogP contribution in [-0.2, 0) is 0 Å². The lowest BCUT2D eigenvalue weighted by atomic mass is 10.0. The number of anilines is 1. The lowest BCUT2D eigenvalue weighted by molar-refractivity contribution is -0.384. The summed E-state index contributed by atoms with van der Waals surface area (Å²) in [5.41, 5.74) is 7.28. The smallest absolute Gasteiger partial charge is 0.270 e. The first-order valence-electron chi connectivity index (χ1n) is 4.65. The van der Waals surface area contributed by atoms with Gasteiger partial charge in [0, 0.05) is 23.1 Å². The molecule has 0 fully saturated rings. The fourth-order valence-corrected chi connectivity index (χ4v) is 2.26. The Hall–Kier alpha value is -2.39. The summed E-state index contributed by atoms with van der Waals surface area (Å²) >= 11 is 1.25. The van der Waals surface area contributed by atoms with E-state index in [1.807, 2.05) is 6.07 Å². The Kier molecular flexibility index (Phi) is 2.77. The molecule has 0 saturated heterocycles. The highest BCUT2D eigenvalue weighted by atomic mass is 32.1. The number of non-ortho nitro benzene ring substituents is 1. The van der Waals surface area contributed by atoms with Crippen molar-refractivity contribution in [3.05, 3.63) is 45.3 Å². The average Bonchev–Trinajstić information content (AvgIpc) is 2.70. The van der Waals surface area contributed by atoms with E-state index in [9.17, 15) is 10.1 Å². The number of nitrogen functional groups attached to an aromatic ring is 1. The van der Waals surface area contributed by atoms with Crippen LogP contribution in [0.3, 0.4) is 0 Å². The number of rotatable bonds is 2. The number of benzene rings is 1. The Labute approximate surface area is 101 Å². The zero-order chi connectivity index (χ0) is 12.4. The fraction of sp³-hybridized carbons (Fsp3) is 0. The van der Waals surface area contributed by atoms with Gasteiger partial charge in [-0.2, -0.15) is 5.26 Å². The van der Waals surface area contributed by atoms with E-state index >= 15 is 0 Å². The maximum absolute atomic E-state index is 10.7. The van der Waals surface area contributed by atoms with E-state index < -0.39 is 4.92 Å². The molecule has 0 aliphatic rings. The first kappa shape index (κ1) is 11.1. The van der Waals surface area contributed by atoms with Crippen LogP contribution in [0.15, 0.2) is 29.6 Å². The number of nitrogens with two attached hydrogens (primary N) is 1. The van der Waals surface area contributed by atoms with Crippen molar-refractivity contribution in [1.82, 2.24) is 0 Å². The second kappa shape index (κ2) is 4.23. The number of nitrogens with zero attached hydrogens (tertiary/aromatic N) is 2. The van der Waals surface area contributed by atoms with Gasteiger partial charge in [0.25, 0.3) is 5.69 Å². The summed E-state index contributed by atoms with van der Waals surface area (Å²) in [6.45, 7) is 0. The number of nitro groups is 1. The van der Waals surface area contributed by atoms with Gasteiger partial charge >= 0.3 is 0 Å². The number of hydrogen-bond donors (Lipinski definition) is 1. The van der Waals surface area contributed by atoms with Gasteiger partial charge in [-0.25, -0.2) is 0 Å². The third-order valence-corrected chi connectivity index (χ3v) is 3.11. The van der Waals surface area contributed by atoms with Gasteiger partial charge in [0.05, 0.1) is 10.5 Å². The van der Waals surface area contributed by atoms with Crippen molar-refractivity contribution < 1.29 is 4.92 Å². The Balaban J connectivity index is 2.57. The summed E-state index contributed by atoms with van der Waals surface area (Å²) in [5.74, 6) is 0. The first-order valence-corrected chi connectivity index (χ1v) is 5.53. The molecular weight excluding hydrogens is 238 g/mol. The van der Waals surface area contributed by atoms with E-state index in [-0.39, 0.29) is 5.69 Å². The minimum atomic E-state index is -0.467. The van der Waals surface area contributed by atoms with Gasteiger partial charge in [-0.3, -0.25) is 10.1 Å². The van der Waals surface area contributed by atoms with E-state index in [1.54, 1.807) is 17.5 Å². The molecule has 0 saturated carbocycles. The van der Waals surface area contributed by atoms with Gasteiger partial charge in [-0.1, -0.05) is 12.1 Å². The number of nitriles is 1. The predicted octanol–water partition coefficient (Wildman–Crippen LogP) is 2.78. The highest BCUT2D eigenvalue weighted by Crippen LogP contribution is 2.34. The maximum atomic E-state index is 10.7. The highest BCUT2D eigenvalue weighted by molar-refractivity contribution is 7.14. The SMILES string of the molecule is N#Cc1c(-c2cccc([N+](=O)[O-])c2)csc1N. The molecule has 0 aliphatic heterocycles. The lowest BCUT2D eigenvalue weighted by Crippen LogP contribution is -1.89. The maximum Gasteiger partial charge on any atom is 0.270 e. The zero-order valence-corrected chi connectivity index (χ0v) is 9.40. The number of nitro benzene ring substituents is 1. The summed E-state index contributed by atoms with van der Waals surface area (Å²) < 4.78 is 0. The molecule has 0 unspecified atom stereocenters. The molecule has 1 aromatic heterocycles. The lowest BCUT2D eigenvalue weighted by Gasteiger charge is -1.99. The van der Waals surface area contributed by atoms with Crippen LogP contribution >= 0.6 is 11.3 Å². The van der Waals surface area contributed by atoms with Gasteiger partial charge in [0.15, 0.2) is 0 Å². The average molecular weight is 245 g/mol. The second-order valence-electron chi connectivity index (χ2n) is 3.31. The molecule has 0 atom stereocenters. The van der Waals surface area contributed by atoms with Gasteiger partial charge in [-0.15, -0.1) is 11.3 Å². The van der Waals surface area contributed by atoms with Crippen molar-refractivity contribution in [2.45, 2.75) is 0 Å². The molecule has 17 heavy (non-hydrogen) atoms. The highest BCUT2D eigenvalue weighted by Gasteiger charge is 2.13. The van der Waals surface area contributed by atoms with E-state index in [2.05, 4.69) is 0 Å². The number of hydrogen-bond acceptors (Lipinski definition) is 5. The minimum absolute atomic E-state index is 0.00355. The monoisotopic (exact) mass is 245 g/mol. The molecule has 0 amide bonds. The van der Waals surface area contributed by atoms with Crippen LogP contribution in [0.25, 0.3) is 11.1 Å². The predicted molar refractivity (Wildman–Crippen MR) is 65.5 cm³/mol. The summed E-state index contributed by atoms with van der Waals surface area (Å²) in [6.07, 6.45) is 0.